The maximum absolute atomic E-state index is 12.6. The van der Waals surface area contributed by atoms with Gasteiger partial charge in [0.05, 0.1) is 13.2 Å². The Hall–Kier alpha value is -2.87. The molecule has 29 heavy (non-hydrogen) atoms. The lowest BCUT2D eigenvalue weighted by Crippen LogP contribution is -2.38. The Morgan fingerprint density at radius 1 is 1.21 bits per heavy atom. The number of hydrogen-bond acceptors (Lipinski definition) is 5. The summed E-state index contributed by atoms with van der Waals surface area (Å²) in [5.41, 5.74) is 3.09. The zero-order chi connectivity index (χ0) is 20.6. The van der Waals surface area contributed by atoms with Gasteiger partial charge in [0, 0.05) is 36.7 Å². The van der Waals surface area contributed by atoms with Gasteiger partial charge in [-0.1, -0.05) is 13.3 Å². The van der Waals surface area contributed by atoms with E-state index in [1.165, 1.54) is 4.90 Å². The second-order valence-electron chi connectivity index (χ2n) is 7.04. The van der Waals surface area contributed by atoms with Crippen LogP contribution in [0.4, 0.5) is 11.4 Å². The minimum atomic E-state index is -0.246. The van der Waals surface area contributed by atoms with E-state index in [0.29, 0.717) is 17.9 Å². The highest BCUT2D eigenvalue weighted by Crippen LogP contribution is 2.19. The summed E-state index contributed by atoms with van der Waals surface area (Å²) in [6, 6.07) is 9.50. The second kappa shape index (κ2) is 10.1. The number of aromatic amines is 1. The molecule has 3 rings (SSSR count). The molecule has 1 saturated heterocycles. The summed E-state index contributed by atoms with van der Waals surface area (Å²) in [6.45, 7) is 7.53. The van der Waals surface area contributed by atoms with Gasteiger partial charge in [0.15, 0.2) is 0 Å². The number of hydrogen-bond donors (Lipinski definition) is 2. The van der Waals surface area contributed by atoms with Crippen molar-refractivity contribution in [3.63, 3.8) is 0 Å². The lowest BCUT2D eigenvalue weighted by Gasteiger charge is -2.29. The molecule has 2 aromatic rings. The molecule has 0 saturated carbocycles. The molecule has 2 heterocycles. The molecule has 2 amide bonds. The maximum atomic E-state index is 12.6. The molecule has 1 aliphatic heterocycles. The van der Waals surface area contributed by atoms with E-state index in [1.807, 2.05) is 31.2 Å². The molecular formula is C21H29N5O3. The number of nitrogens with zero attached hydrogens (tertiary/aromatic N) is 3. The van der Waals surface area contributed by atoms with Crippen molar-refractivity contribution in [3.8, 4) is 0 Å². The van der Waals surface area contributed by atoms with Gasteiger partial charge in [-0.25, -0.2) is 0 Å². The van der Waals surface area contributed by atoms with Gasteiger partial charge >= 0.3 is 0 Å². The molecule has 0 bridgehead atoms. The molecule has 0 spiro atoms. The second-order valence-corrected chi connectivity index (χ2v) is 7.04. The van der Waals surface area contributed by atoms with Crippen molar-refractivity contribution in [1.82, 2.24) is 15.1 Å². The smallest absolute Gasteiger partial charge is 0.274 e. The Morgan fingerprint density at radius 3 is 2.59 bits per heavy atom. The van der Waals surface area contributed by atoms with E-state index in [-0.39, 0.29) is 18.4 Å². The number of likely N-dealkylation sites (N-methyl/N-ethyl adjacent to an activating group) is 1. The zero-order valence-corrected chi connectivity index (χ0v) is 17.1. The van der Waals surface area contributed by atoms with Crippen molar-refractivity contribution in [2.24, 2.45) is 0 Å². The van der Waals surface area contributed by atoms with Gasteiger partial charge in [-0.2, -0.15) is 5.10 Å². The van der Waals surface area contributed by atoms with Crippen LogP contribution in [0, 0.1) is 0 Å². The first-order valence-electron chi connectivity index (χ1n) is 10.2. The molecule has 156 valence electrons. The Labute approximate surface area is 171 Å². The van der Waals surface area contributed by atoms with Crippen molar-refractivity contribution < 1.29 is 14.3 Å². The summed E-state index contributed by atoms with van der Waals surface area (Å²) < 4.78 is 5.37. The van der Waals surface area contributed by atoms with Crippen molar-refractivity contribution in [1.29, 1.82) is 0 Å². The highest BCUT2D eigenvalue weighted by Gasteiger charge is 2.20. The van der Waals surface area contributed by atoms with Gasteiger partial charge in [0.2, 0.25) is 5.91 Å². The number of aryl methyl sites for hydroxylation is 1. The zero-order valence-electron chi connectivity index (χ0n) is 17.1. The number of anilines is 2. The van der Waals surface area contributed by atoms with Crippen LogP contribution in [0.1, 0.15) is 36.5 Å². The number of morpholine rings is 1. The molecule has 0 atom stereocenters. The van der Waals surface area contributed by atoms with Gasteiger partial charge in [-0.3, -0.25) is 14.7 Å². The number of aromatic nitrogens is 2. The molecule has 8 heteroatoms. The quantitative estimate of drug-likeness (QED) is 0.711. The van der Waals surface area contributed by atoms with E-state index < -0.39 is 0 Å². The number of ether oxygens (including phenoxy) is 1. The summed E-state index contributed by atoms with van der Waals surface area (Å²) in [7, 11) is 0. The lowest BCUT2D eigenvalue weighted by molar-refractivity contribution is -0.116. The fourth-order valence-corrected chi connectivity index (χ4v) is 3.31. The standard InChI is InChI=1S/C21H29N5O3/c1-3-5-17-14-19(24-23-17)21(28)25(4-2)15-20(27)22-16-6-8-18(9-7-16)26-10-12-29-13-11-26/h6-9,14H,3-5,10-13,15H2,1-2H3,(H,22,27)(H,23,24). The monoisotopic (exact) mass is 399 g/mol. The molecule has 1 aromatic carbocycles. The van der Waals surface area contributed by atoms with Crippen LogP contribution in [0.15, 0.2) is 30.3 Å². The van der Waals surface area contributed by atoms with E-state index in [4.69, 9.17) is 4.74 Å². The number of H-pyrrole nitrogens is 1. The molecule has 0 radical (unpaired) electrons. The van der Waals surface area contributed by atoms with Crippen LogP contribution >= 0.6 is 0 Å². The summed E-state index contributed by atoms with van der Waals surface area (Å²) in [6.07, 6.45) is 1.81. The predicted molar refractivity (Wildman–Crippen MR) is 112 cm³/mol. The SMILES string of the molecule is CCCc1cc(C(=O)N(CC)CC(=O)Nc2ccc(N3CCOCC3)cc2)n[nH]1. The lowest BCUT2D eigenvalue weighted by atomic mass is 10.2. The number of carbonyl (C=O) groups is 2. The van der Waals surface area contributed by atoms with Crippen LogP contribution in [0.5, 0.6) is 0 Å². The van der Waals surface area contributed by atoms with E-state index in [0.717, 1.165) is 50.5 Å². The fraction of sp³-hybridized carbons (Fsp3) is 0.476. The maximum Gasteiger partial charge on any atom is 0.274 e. The molecule has 0 aliphatic carbocycles. The van der Waals surface area contributed by atoms with E-state index in [2.05, 4.69) is 27.3 Å². The Kier molecular flexibility index (Phi) is 7.24. The van der Waals surface area contributed by atoms with Crippen molar-refractivity contribution in [3.05, 3.63) is 41.7 Å². The average molecular weight is 399 g/mol. The first kappa shape index (κ1) is 20.9. The van der Waals surface area contributed by atoms with Crippen LogP contribution < -0.4 is 10.2 Å². The molecule has 1 aliphatic rings. The predicted octanol–water partition coefficient (Wildman–Crippen LogP) is 2.30. The van der Waals surface area contributed by atoms with Gasteiger partial charge in [0.25, 0.3) is 5.91 Å². The van der Waals surface area contributed by atoms with Crippen LogP contribution in [0.2, 0.25) is 0 Å². The molecule has 0 unspecified atom stereocenters. The molecule has 1 fully saturated rings. The summed E-state index contributed by atoms with van der Waals surface area (Å²) in [5.74, 6) is -0.479. The van der Waals surface area contributed by atoms with Crippen LogP contribution in [0.25, 0.3) is 0 Å². The molecule has 2 N–H and O–H groups in total. The topological polar surface area (TPSA) is 90.6 Å². The van der Waals surface area contributed by atoms with Crippen molar-refractivity contribution >= 4 is 23.2 Å². The number of amides is 2. The minimum absolute atomic E-state index is 0.0173. The van der Waals surface area contributed by atoms with E-state index in [1.54, 1.807) is 6.07 Å². The Bertz CT molecular complexity index is 812. The average Bonchev–Trinajstić information content (AvgIpc) is 3.21. The highest BCUT2D eigenvalue weighted by atomic mass is 16.5. The largest absolute Gasteiger partial charge is 0.378 e. The fourth-order valence-electron chi connectivity index (χ4n) is 3.31. The minimum Gasteiger partial charge on any atom is -0.378 e. The summed E-state index contributed by atoms with van der Waals surface area (Å²) in [5, 5.41) is 9.83. The number of carbonyl (C=O) groups excluding carboxylic acids is 2. The first-order valence-corrected chi connectivity index (χ1v) is 10.2. The number of nitrogens with one attached hydrogen (secondary N) is 2. The van der Waals surface area contributed by atoms with E-state index in [9.17, 15) is 9.59 Å². The normalized spacial score (nSPS) is 13.9. The highest BCUT2D eigenvalue weighted by molar-refractivity contribution is 5.98. The number of rotatable bonds is 8. The van der Waals surface area contributed by atoms with Crippen LogP contribution in [0.3, 0.4) is 0 Å². The van der Waals surface area contributed by atoms with Gasteiger partial charge in [0.1, 0.15) is 12.2 Å². The van der Waals surface area contributed by atoms with Crippen LogP contribution in [-0.4, -0.2) is 66.3 Å². The number of benzene rings is 1. The van der Waals surface area contributed by atoms with E-state index >= 15 is 0 Å². The third-order valence-corrected chi connectivity index (χ3v) is 4.90. The Balaban J connectivity index is 1.55. The first-order chi connectivity index (χ1) is 14.1. The van der Waals surface area contributed by atoms with Crippen molar-refractivity contribution in [2.75, 3.05) is 49.6 Å². The van der Waals surface area contributed by atoms with Crippen molar-refractivity contribution in [2.45, 2.75) is 26.7 Å². The Morgan fingerprint density at radius 2 is 1.93 bits per heavy atom. The molecular weight excluding hydrogens is 370 g/mol. The van der Waals surface area contributed by atoms with Gasteiger partial charge < -0.3 is 19.9 Å². The molecule has 1 aromatic heterocycles. The summed E-state index contributed by atoms with van der Waals surface area (Å²) in [4.78, 5) is 28.8. The summed E-state index contributed by atoms with van der Waals surface area (Å²) >= 11 is 0. The molecule has 8 nitrogen and oxygen atoms in total. The van der Waals surface area contributed by atoms with Crippen LogP contribution in [-0.2, 0) is 16.0 Å². The van der Waals surface area contributed by atoms with Gasteiger partial charge in [-0.15, -0.1) is 0 Å². The van der Waals surface area contributed by atoms with Gasteiger partial charge in [-0.05, 0) is 43.7 Å². The third-order valence-electron chi connectivity index (χ3n) is 4.90. The third kappa shape index (κ3) is 5.57.